The first-order valence-corrected chi connectivity index (χ1v) is 6.15. The molecule has 2 aromatic rings. The van der Waals surface area contributed by atoms with Crippen LogP contribution in [0, 0.1) is 0 Å². The Bertz CT molecular complexity index is 476. The summed E-state index contributed by atoms with van der Waals surface area (Å²) in [4.78, 5) is 0. The van der Waals surface area contributed by atoms with Crippen molar-refractivity contribution in [3.05, 3.63) is 36.0 Å². The first kappa shape index (κ1) is 12.1. The second kappa shape index (κ2) is 5.84. The van der Waals surface area contributed by atoms with Crippen LogP contribution in [0.2, 0.25) is 0 Å². The molecule has 1 N–H and O–H groups in total. The molecule has 3 heteroatoms. The number of hydrogen-bond donors (Lipinski definition) is 1. The molecule has 0 saturated heterocycles. The summed E-state index contributed by atoms with van der Waals surface area (Å²) in [7, 11) is 1.97. The first-order valence-electron chi connectivity index (χ1n) is 6.15. The molecule has 0 aliphatic heterocycles. The fourth-order valence-electron chi connectivity index (χ4n) is 2.07. The monoisotopic (exact) mass is 232 g/mol. The standard InChI is InChI=1S/C14H20N2O/c1-3-17-9-8-16-7-6-13-10-12(11-15-2)4-5-14(13)16/h4-7,10,15H,3,8-9,11H2,1-2H3. The number of rotatable bonds is 6. The Labute approximate surface area is 102 Å². The van der Waals surface area contributed by atoms with Gasteiger partial charge in [-0.1, -0.05) is 6.07 Å². The molecule has 0 bridgehead atoms. The molecular weight excluding hydrogens is 212 g/mol. The molecule has 17 heavy (non-hydrogen) atoms. The van der Waals surface area contributed by atoms with Gasteiger partial charge in [-0.3, -0.25) is 0 Å². The Kier molecular flexibility index (Phi) is 4.18. The van der Waals surface area contributed by atoms with Gasteiger partial charge in [0, 0.05) is 31.4 Å². The summed E-state index contributed by atoms with van der Waals surface area (Å²) in [5, 5.41) is 4.47. The summed E-state index contributed by atoms with van der Waals surface area (Å²) >= 11 is 0. The number of benzene rings is 1. The van der Waals surface area contributed by atoms with E-state index < -0.39 is 0 Å². The number of hydrogen-bond acceptors (Lipinski definition) is 2. The van der Waals surface area contributed by atoms with E-state index >= 15 is 0 Å². The maximum Gasteiger partial charge on any atom is 0.0645 e. The van der Waals surface area contributed by atoms with Crippen molar-refractivity contribution in [2.24, 2.45) is 0 Å². The molecule has 1 aromatic heterocycles. The van der Waals surface area contributed by atoms with Gasteiger partial charge in [-0.05, 0) is 43.1 Å². The highest BCUT2D eigenvalue weighted by atomic mass is 16.5. The van der Waals surface area contributed by atoms with Crippen molar-refractivity contribution in [2.45, 2.75) is 20.0 Å². The molecule has 0 fully saturated rings. The van der Waals surface area contributed by atoms with Crippen molar-refractivity contribution in [3.63, 3.8) is 0 Å². The highest BCUT2D eigenvalue weighted by Crippen LogP contribution is 2.17. The number of aromatic nitrogens is 1. The molecule has 0 amide bonds. The van der Waals surface area contributed by atoms with E-state index in [1.807, 2.05) is 14.0 Å². The van der Waals surface area contributed by atoms with Gasteiger partial charge in [0.15, 0.2) is 0 Å². The van der Waals surface area contributed by atoms with Crippen LogP contribution >= 0.6 is 0 Å². The van der Waals surface area contributed by atoms with Crippen molar-refractivity contribution in [3.8, 4) is 0 Å². The van der Waals surface area contributed by atoms with Gasteiger partial charge in [0.05, 0.1) is 6.61 Å². The summed E-state index contributed by atoms with van der Waals surface area (Å²) in [6.07, 6.45) is 2.13. The molecule has 0 aliphatic rings. The number of nitrogens with zero attached hydrogens (tertiary/aromatic N) is 1. The van der Waals surface area contributed by atoms with E-state index in [2.05, 4.69) is 40.3 Å². The molecular formula is C14H20N2O. The second-order valence-corrected chi connectivity index (χ2v) is 4.13. The van der Waals surface area contributed by atoms with Gasteiger partial charge < -0.3 is 14.6 Å². The van der Waals surface area contributed by atoms with Crippen LogP contribution in [-0.4, -0.2) is 24.8 Å². The second-order valence-electron chi connectivity index (χ2n) is 4.13. The Hall–Kier alpha value is -1.32. The minimum absolute atomic E-state index is 0.776. The highest BCUT2D eigenvalue weighted by molar-refractivity contribution is 5.80. The summed E-state index contributed by atoms with van der Waals surface area (Å²) in [5.41, 5.74) is 2.60. The summed E-state index contributed by atoms with van der Waals surface area (Å²) in [6, 6.07) is 8.77. The summed E-state index contributed by atoms with van der Waals surface area (Å²) in [6.45, 7) is 5.42. The van der Waals surface area contributed by atoms with E-state index in [0.717, 1.165) is 26.3 Å². The van der Waals surface area contributed by atoms with E-state index in [1.54, 1.807) is 0 Å². The zero-order chi connectivity index (χ0) is 12.1. The molecule has 0 aliphatic carbocycles. The average Bonchev–Trinajstić information content (AvgIpc) is 2.73. The minimum Gasteiger partial charge on any atom is -0.380 e. The zero-order valence-corrected chi connectivity index (χ0v) is 10.6. The third-order valence-corrected chi connectivity index (χ3v) is 2.90. The van der Waals surface area contributed by atoms with E-state index in [1.165, 1.54) is 16.5 Å². The Morgan fingerprint density at radius 3 is 2.94 bits per heavy atom. The molecule has 2 rings (SSSR count). The Balaban J connectivity index is 2.16. The minimum atomic E-state index is 0.776. The normalized spacial score (nSPS) is 11.2. The first-order chi connectivity index (χ1) is 8.35. The Morgan fingerprint density at radius 1 is 1.29 bits per heavy atom. The van der Waals surface area contributed by atoms with Crippen LogP contribution in [0.15, 0.2) is 30.5 Å². The molecule has 0 radical (unpaired) electrons. The lowest BCUT2D eigenvalue weighted by molar-refractivity contribution is 0.140. The molecule has 1 aromatic carbocycles. The average molecular weight is 232 g/mol. The van der Waals surface area contributed by atoms with Crippen LogP contribution in [0.25, 0.3) is 10.9 Å². The molecule has 3 nitrogen and oxygen atoms in total. The zero-order valence-electron chi connectivity index (χ0n) is 10.6. The molecule has 0 saturated carbocycles. The van der Waals surface area contributed by atoms with Crippen LogP contribution in [0.3, 0.4) is 0 Å². The lowest BCUT2D eigenvalue weighted by Gasteiger charge is -2.06. The molecule has 1 heterocycles. The number of ether oxygens (including phenoxy) is 1. The van der Waals surface area contributed by atoms with Crippen molar-refractivity contribution < 1.29 is 4.74 Å². The molecule has 0 atom stereocenters. The van der Waals surface area contributed by atoms with Gasteiger partial charge >= 0.3 is 0 Å². The largest absolute Gasteiger partial charge is 0.380 e. The van der Waals surface area contributed by atoms with Crippen LogP contribution < -0.4 is 5.32 Å². The highest BCUT2D eigenvalue weighted by Gasteiger charge is 2.01. The Morgan fingerprint density at radius 2 is 2.18 bits per heavy atom. The van der Waals surface area contributed by atoms with Crippen molar-refractivity contribution in [1.82, 2.24) is 9.88 Å². The van der Waals surface area contributed by atoms with Gasteiger partial charge in [-0.15, -0.1) is 0 Å². The third-order valence-electron chi connectivity index (χ3n) is 2.90. The van der Waals surface area contributed by atoms with E-state index in [0.29, 0.717) is 0 Å². The van der Waals surface area contributed by atoms with Crippen LogP contribution in [-0.2, 0) is 17.8 Å². The van der Waals surface area contributed by atoms with Crippen LogP contribution in [0.5, 0.6) is 0 Å². The SMILES string of the molecule is CCOCCn1ccc2cc(CNC)ccc21. The lowest BCUT2D eigenvalue weighted by atomic mass is 10.1. The summed E-state index contributed by atoms with van der Waals surface area (Å²) < 4.78 is 7.63. The number of fused-ring (bicyclic) bond motifs is 1. The predicted octanol–water partition coefficient (Wildman–Crippen LogP) is 2.40. The van der Waals surface area contributed by atoms with Crippen molar-refractivity contribution in [2.75, 3.05) is 20.3 Å². The fourth-order valence-corrected chi connectivity index (χ4v) is 2.07. The predicted molar refractivity (Wildman–Crippen MR) is 71.2 cm³/mol. The van der Waals surface area contributed by atoms with Crippen molar-refractivity contribution in [1.29, 1.82) is 0 Å². The van der Waals surface area contributed by atoms with E-state index in [-0.39, 0.29) is 0 Å². The van der Waals surface area contributed by atoms with Crippen molar-refractivity contribution >= 4 is 10.9 Å². The molecule has 0 unspecified atom stereocenters. The number of nitrogens with one attached hydrogen (secondary N) is 1. The van der Waals surface area contributed by atoms with Crippen LogP contribution in [0.4, 0.5) is 0 Å². The van der Waals surface area contributed by atoms with Gasteiger partial charge in [-0.2, -0.15) is 0 Å². The fraction of sp³-hybridized carbons (Fsp3) is 0.429. The molecule has 0 spiro atoms. The lowest BCUT2D eigenvalue weighted by Crippen LogP contribution is -2.05. The topological polar surface area (TPSA) is 26.2 Å². The third kappa shape index (κ3) is 2.87. The van der Waals surface area contributed by atoms with Gasteiger partial charge in [0.1, 0.15) is 0 Å². The maximum atomic E-state index is 5.39. The van der Waals surface area contributed by atoms with Crippen LogP contribution in [0.1, 0.15) is 12.5 Å². The smallest absolute Gasteiger partial charge is 0.0645 e. The van der Waals surface area contributed by atoms with Gasteiger partial charge in [0.2, 0.25) is 0 Å². The van der Waals surface area contributed by atoms with Gasteiger partial charge in [0.25, 0.3) is 0 Å². The quantitative estimate of drug-likeness (QED) is 0.774. The van der Waals surface area contributed by atoms with Gasteiger partial charge in [-0.25, -0.2) is 0 Å². The van der Waals surface area contributed by atoms with E-state index in [4.69, 9.17) is 4.74 Å². The van der Waals surface area contributed by atoms with E-state index in [9.17, 15) is 0 Å². The molecule has 92 valence electrons. The maximum absolute atomic E-state index is 5.39. The summed E-state index contributed by atoms with van der Waals surface area (Å²) in [5.74, 6) is 0.